The Labute approximate surface area is 115 Å². The summed E-state index contributed by atoms with van der Waals surface area (Å²) in [6, 6.07) is 0. The number of carbonyl (C=O) groups excluding carboxylic acids is 2. The van der Waals surface area contributed by atoms with Crippen LogP contribution < -0.4 is 0 Å². The molecule has 0 aromatic rings. The Hall–Kier alpha value is -1.42. The summed E-state index contributed by atoms with van der Waals surface area (Å²) < 4.78 is 5.00. The molecule has 0 aromatic carbocycles. The molecule has 0 rings (SSSR count). The van der Waals surface area contributed by atoms with E-state index < -0.39 is 5.97 Å². The van der Waals surface area contributed by atoms with Gasteiger partial charge in [-0.3, -0.25) is 4.79 Å². The van der Waals surface area contributed by atoms with Crippen LogP contribution in [0.2, 0.25) is 0 Å². The number of Topliss-reactive ketones (excluding diaryl/α,β-unsaturated/α-hetero) is 1. The normalized spacial score (nSPS) is 13.4. The fourth-order valence-corrected chi connectivity index (χ4v) is 1.54. The van der Waals surface area contributed by atoms with Crippen LogP contribution in [0, 0.1) is 5.41 Å². The zero-order valence-corrected chi connectivity index (χ0v) is 12.4. The number of allylic oxidation sites excluding steroid dienone is 1. The van der Waals surface area contributed by atoms with Crippen LogP contribution in [-0.4, -0.2) is 30.1 Å². The van der Waals surface area contributed by atoms with E-state index in [9.17, 15) is 9.59 Å². The molecule has 0 atom stereocenters. The van der Waals surface area contributed by atoms with Gasteiger partial charge in [0.1, 0.15) is 0 Å². The fraction of sp³-hybridized carbons (Fsp3) is 0.600. The van der Waals surface area contributed by atoms with Crippen molar-refractivity contribution in [1.82, 2.24) is 0 Å². The zero-order chi connectivity index (χ0) is 15.1. The Morgan fingerprint density at radius 3 is 2.16 bits per heavy atom. The van der Waals surface area contributed by atoms with Gasteiger partial charge in [-0.2, -0.15) is 0 Å². The van der Waals surface area contributed by atoms with Gasteiger partial charge >= 0.3 is 5.97 Å². The first-order chi connectivity index (χ1) is 8.72. The third-order valence-electron chi connectivity index (χ3n) is 2.22. The third-order valence-corrected chi connectivity index (χ3v) is 2.22. The van der Waals surface area contributed by atoms with Crippen LogP contribution in [0.1, 0.15) is 41.0 Å². The van der Waals surface area contributed by atoms with Gasteiger partial charge in [0.05, 0.1) is 12.2 Å². The van der Waals surface area contributed by atoms with Crippen LogP contribution in [0.3, 0.4) is 0 Å². The van der Waals surface area contributed by atoms with Gasteiger partial charge in [-0.05, 0) is 25.7 Å². The molecule has 0 saturated heterocycles. The average Bonchev–Trinajstić information content (AvgIpc) is 2.26. The number of aliphatic hydroxyl groups is 1. The molecule has 0 aliphatic heterocycles. The Bertz CT molecular complexity index is 383. The highest BCUT2D eigenvalue weighted by atomic mass is 16.5. The van der Waals surface area contributed by atoms with Crippen LogP contribution in [-0.2, 0) is 14.3 Å². The zero-order valence-electron chi connectivity index (χ0n) is 12.4. The molecule has 0 saturated carbocycles. The number of ether oxygens (including phenoxy) is 1. The molecular weight excluding hydrogens is 244 g/mol. The van der Waals surface area contributed by atoms with Crippen molar-refractivity contribution in [2.24, 2.45) is 5.41 Å². The van der Waals surface area contributed by atoms with Crippen molar-refractivity contribution in [2.45, 2.75) is 41.0 Å². The highest BCUT2D eigenvalue weighted by Gasteiger charge is 2.22. The molecule has 0 aromatic heterocycles. The Balaban J connectivity index is 5.61. The monoisotopic (exact) mass is 268 g/mol. The largest absolute Gasteiger partial charge is 0.462 e. The number of aliphatic hydroxyl groups excluding tert-OH is 1. The van der Waals surface area contributed by atoms with Crippen molar-refractivity contribution >= 4 is 11.8 Å². The van der Waals surface area contributed by atoms with Crippen molar-refractivity contribution in [3.05, 3.63) is 23.3 Å². The molecule has 4 nitrogen and oxygen atoms in total. The summed E-state index contributed by atoms with van der Waals surface area (Å²) in [6.07, 6.45) is 3.64. The summed E-state index contributed by atoms with van der Waals surface area (Å²) in [5.74, 6) is -0.714. The first-order valence-corrected chi connectivity index (χ1v) is 6.45. The molecule has 1 N–H and O–H groups in total. The maximum Gasteiger partial charge on any atom is 0.338 e. The minimum absolute atomic E-state index is 0.0671. The molecule has 0 bridgehead atoms. The quantitative estimate of drug-likeness (QED) is 0.456. The average molecular weight is 268 g/mol. The van der Waals surface area contributed by atoms with Crippen LogP contribution in [0.25, 0.3) is 0 Å². The fourth-order valence-electron chi connectivity index (χ4n) is 1.54. The van der Waals surface area contributed by atoms with Gasteiger partial charge in [0.2, 0.25) is 0 Å². The van der Waals surface area contributed by atoms with E-state index in [2.05, 4.69) is 0 Å². The molecule has 0 aliphatic rings. The van der Waals surface area contributed by atoms with Crippen molar-refractivity contribution in [3.8, 4) is 0 Å². The highest BCUT2D eigenvalue weighted by molar-refractivity contribution is 6.09. The van der Waals surface area contributed by atoms with Crippen molar-refractivity contribution in [2.75, 3.05) is 13.2 Å². The van der Waals surface area contributed by atoms with Gasteiger partial charge in [-0.1, -0.05) is 32.9 Å². The van der Waals surface area contributed by atoms with Crippen molar-refractivity contribution in [1.29, 1.82) is 0 Å². The lowest BCUT2D eigenvalue weighted by molar-refractivity contribution is -0.138. The Kier molecular flexibility index (Phi) is 7.30. The number of rotatable bonds is 6. The lowest BCUT2D eigenvalue weighted by Crippen LogP contribution is -2.16. The molecule has 19 heavy (non-hydrogen) atoms. The summed E-state index contributed by atoms with van der Waals surface area (Å²) in [6.45, 7) is 9.13. The summed E-state index contributed by atoms with van der Waals surface area (Å²) in [5, 5.41) is 8.86. The summed E-state index contributed by atoms with van der Waals surface area (Å²) >= 11 is 0. The predicted molar refractivity (Wildman–Crippen MR) is 74.6 cm³/mol. The van der Waals surface area contributed by atoms with E-state index >= 15 is 0 Å². The maximum atomic E-state index is 12.0. The minimum Gasteiger partial charge on any atom is -0.462 e. The molecule has 0 heterocycles. The number of ketones is 1. The molecule has 108 valence electrons. The van der Waals surface area contributed by atoms with Gasteiger partial charge < -0.3 is 9.84 Å². The number of hydrogen-bond donors (Lipinski definition) is 1. The smallest absolute Gasteiger partial charge is 0.338 e. The number of carbonyl (C=O) groups is 2. The van der Waals surface area contributed by atoms with E-state index in [4.69, 9.17) is 9.84 Å². The number of esters is 1. The standard InChI is InChI=1S/C15H24O4/c1-6-19-14(18)13(10-15(3,4)5)12(11(2)17)8-7-9-16/h8,10,16H,6-7,9H2,1-5H3/b12-8+,13-10-. The van der Waals surface area contributed by atoms with E-state index in [0.717, 1.165) is 0 Å². The Morgan fingerprint density at radius 2 is 1.79 bits per heavy atom. The van der Waals surface area contributed by atoms with Crippen LogP contribution in [0.4, 0.5) is 0 Å². The van der Waals surface area contributed by atoms with Crippen LogP contribution in [0.15, 0.2) is 23.3 Å². The van der Waals surface area contributed by atoms with Gasteiger partial charge in [0, 0.05) is 12.2 Å². The molecule has 0 aliphatic carbocycles. The van der Waals surface area contributed by atoms with Gasteiger partial charge in [0.15, 0.2) is 5.78 Å². The summed E-state index contributed by atoms with van der Waals surface area (Å²) in [5.41, 5.74) is 0.327. The third kappa shape index (κ3) is 6.91. The first kappa shape index (κ1) is 17.6. The SMILES string of the molecule is CCOC(=O)C(=C\C(C)(C)C)/C(=C/CCO)C(C)=O. The van der Waals surface area contributed by atoms with Gasteiger partial charge in [-0.15, -0.1) is 0 Å². The summed E-state index contributed by atoms with van der Waals surface area (Å²) in [4.78, 5) is 23.7. The minimum atomic E-state index is -0.503. The maximum absolute atomic E-state index is 12.0. The van der Waals surface area contributed by atoms with E-state index in [1.165, 1.54) is 6.92 Å². The topological polar surface area (TPSA) is 63.6 Å². The van der Waals surface area contributed by atoms with Crippen molar-refractivity contribution in [3.63, 3.8) is 0 Å². The summed E-state index contributed by atoms with van der Waals surface area (Å²) in [7, 11) is 0. The van der Waals surface area contributed by atoms with Crippen LogP contribution in [0.5, 0.6) is 0 Å². The molecule has 0 fully saturated rings. The van der Waals surface area contributed by atoms with E-state index in [1.54, 1.807) is 19.1 Å². The molecule has 0 spiro atoms. The van der Waals surface area contributed by atoms with Crippen LogP contribution >= 0.6 is 0 Å². The van der Waals surface area contributed by atoms with E-state index in [-0.39, 0.29) is 30.0 Å². The first-order valence-electron chi connectivity index (χ1n) is 6.45. The molecule has 0 amide bonds. The molecule has 4 heteroatoms. The Morgan fingerprint density at radius 1 is 1.21 bits per heavy atom. The lowest BCUT2D eigenvalue weighted by atomic mass is 9.89. The number of hydrogen-bond acceptors (Lipinski definition) is 4. The van der Waals surface area contributed by atoms with Crippen molar-refractivity contribution < 1.29 is 19.4 Å². The van der Waals surface area contributed by atoms with Gasteiger partial charge in [0.25, 0.3) is 0 Å². The van der Waals surface area contributed by atoms with E-state index in [1.807, 2.05) is 20.8 Å². The van der Waals surface area contributed by atoms with E-state index in [0.29, 0.717) is 12.0 Å². The second kappa shape index (κ2) is 7.89. The highest BCUT2D eigenvalue weighted by Crippen LogP contribution is 2.23. The molecule has 0 radical (unpaired) electrons. The van der Waals surface area contributed by atoms with Gasteiger partial charge in [-0.25, -0.2) is 4.79 Å². The second-order valence-corrected chi connectivity index (χ2v) is 5.33. The molecule has 0 unspecified atom stereocenters. The lowest BCUT2D eigenvalue weighted by Gasteiger charge is -2.17. The molecular formula is C15H24O4. The predicted octanol–water partition coefficient (Wildman–Crippen LogP) is 2.42. The second-order valence-electron chi connectivity index (χ2n) is 5.33.